The fourth-order valence-corrected chi connectivity index (χ4v) is 0.823. The molecule has 1 heterocycles. The summed E-state index contributed by atoms with van der Waals surface area (Å²) in [5.74, 6) is -0.622. The molecule has 0 fully saturated rings. The summed E-state index contributed by atoms with van der Waals surface area (Å²) in [6.07, 6.45) is 0. The van der Waals surface area contributed by atoms with Crippen molar-refractivity contribution in [2.24, 2.45) is 0 Å². The van der Waals surface area contributed by atoms with Crippen molar-refractivity contribution < 1.29 is 9.53 Å². The molecule has 1 aromatic rings. The van der Waals surface area contributed by atoms with Crippen molar-refractivity contribution in [1.29, 1.82) is 5.26 Å². The third kappa shape index (κ3) is 1.88. The molecule has 0 amide bonds. The Labute approximate surface area is 76.1 Å². The number of aromatic nitrogens is 2. The van der Waals surface area contributed by atoms with Crippen molar-refractivity contribution in [2.75, 3.05) is 6.61 Å². The van der Waals surface area contributed by atoms with E-state index in [0.717, 1.165) is 0 Å². The number of nitrogens with zero attached hydrogens (tertiary/aromatic N) is 2. The number of ether oxygens (including phenoxy) is 1. The highest BCUT2D eigenvalue weighted by Gasteiger charge is 2.15. The van der Waals surface area contributed by atoms with Crippen LogP contribution in [0.5, 0.6) is 0 Å². The van der Waals surface area contributed by atoms with Crippen molar-refractivity contribution >= 4 is 19.5 Å². The molecule has 1 aromatic heterocycles. The number of carbonyl (C=O) groups is 1. The lowest BCUT2D eigenvalue weighted by Crippen LogP contribution is -2.10. The Morgan fingerprint density at radius 1 is 1.85 bits per heavy atom. The van der Waals surface area contributed by atoms with Crippen LogP contribution in [-0.2, 0) is 4.74 Å². The predicted molar refractivity (Wildman–Crippen MR) is 44.6 cm³/mol. The van der Waals surface area contributed by atoms with Gasteiger partial charge in [-0.15, -0.1) is 0 Å². The lowest BCUT2D eigenvalue weighted by molar-refractivity contribution is 0.0520. The van der Waals surface area contributed by atoms with Gasteiger partial charge in [-0.05, 0) is 6.92 Å². The predicted octanol–water partition coefficient (Wildman–Crippen LogP) is -0.748. The van der Waals surface area contributed by atoms with Gasteiger partial charge in [0.2, 0.25) is 0 Å². The van der Waals surface area contributed by atoms with Crippen molar-refractivity contribution in [2.45, 2.75) is 6.92 Å². The number of aromatic amines is 1. The Kier molecular flexibility index (Phi) is 2.70. The van der Waals surface area contributed by atoms with Crippen LogP contribution >= 0.6 is 0 Å². The molecule has 0 spiro atoms. The van der Waals surface area contributed by atoms with E-state index in [1.54, 1.807) is 13.0 Å². The average Bonchev–Trinajstić information content (AvgIpc) is 2.47. The summed E-state index contributed by atoms with van der Waals surface area (Å²) >= 11 is 0. The van der Waals surface area contributed by atoms with Crippen LogP contribution < -0.4 is 5.72 Å². The Morgan fingerprint density at radius 2 is 2.54 bits per heavy atom. The number of hydrogen-bond donors (Lipinski definition) is 1. The summed E-state index contributed by atoms with van der Waals surface area (Å²) in [5, 5.41) is 8.55. The average molecular weight is 175 g/mol. The lowest BCUT2D eigenvalue weighted by Gasteiger charge is -1.97. The van der Waals surface area contributed by atoms with E-state index in [1.165, 1.54) is 0 Å². The highest BCUT2D eigenvalue weighted by molar-refractivity contribution is 6.29. The Bertz CT molecular complexity index is 366. The van der Waals surface area contributed by atoms with Crippen molar-refractivity contribution in [1.82, 2.24) is 9.97 Å². The lowest BCUT2D eigenvalue weighted by atomic mass is 10.1. The zero-order chi connectivity index (χ0) is 9.84. The van der Waals surface area contributed by atoms with Crippen LogP contribution in [0, 0.1) is 11.3 Å². The van der Waals surface area contributed by atoms with Gasteiger partial charge in [-0.1, -0.05) is 0 Å². The molecule has 0 saturated carbocycles. The summed E-state index contributed by atoms with van der Waals surface area (Å²) in [6.45, 7) is 1.91. The van der Waals surface area contributed by atoms with Gasteiger partial charge in [-0.2, -0.15) is 5.26 Å². The minimum Gasteiger partial charge on any atom is -0.461 e. The van der Waals surface area contributed by atoms with E-state index in [0.29, 0.717) is 0 Å². The van der Waals surface area contributed by atoms with Gasteiger partial charge in [0, 0.05) is 5.72 Å². The molecule has 0 saturated heterocycles. The number of rotatable bonds is 2. The quantitative estimate of drug-likeness (QED) is 0.473. The van der Waals surface area contributed by atoms with E-state index in [4.69, 9.17) is 13.1 Å². The number of esters is 1. The third-order valence-electron chi connectivity index (χ3n) is 1.31. The van der Waals surface area contributed by atoms with Gasteiger partial charge in [0.05, 0.1) is 6.61 Å². The Hall–Kier alpha value is -1.77. The highest BCUT2D eigenvalue weighted by atomic mass is 16.5. The molecule has 0 aliphatic rings. The molecule has 13 heavy (non-hydrogen) atoms. The molecule has 1 rings (SSSR count). The normalized spacial score (nSPS) is 9.23. The molecule has 0 aromatic carbocycles. The van der Waals surface area contributed by atoms with Gasteiger partial charge < -0.3 is 9.72 Å². The molecular weight excluding hydrogens is 169 g/mol. The van der Waals surface area contributed by atoms with Gasteiger partial charge >= 0.3 is 5.97 Å². The summed E-state index contributed by atoms with van der Waals surface area (Å²) in [4.78, 5) is 17.2. The first-order valence-electron chi connectivity index (χ1n) is 3.61. The van der Waals surface area contributed by atoms with Crippen LogP contribution in [0.2, 0.25) is 0 Å². The van der Waals surface area contributed by atoms with Crippen LogP contribution in [0.1, 0.15) is 23.1 Å². The molecule has 2 radical (unpaired) electrons. The largest absolute Gasteiger partial charge is 0.461 e. The molecule has 5 nitrogen and oxygen atoms in total. The minimum atomic E-state index is -0.622. The van der Waals surface area contributed by atoms with E-state index in [2.05, 4.69) is 14.7 Å². The monoisotopic (exact) mass is 175 g/mol. The third-order valence-corrected chi connectivity index (χ3v) is 1.31. The molecule has 0 atom stereocenters. The number of carbonyl (C=O) groups excluding carboxylic acids is 1. The van der Waals surface area contributed by atoms with Crippen LogP contribution in [-0.4, -0.2) is 30.4 Å². The standard InChI is InChI=1S/C7H6BN3O2/c1-2-13-6(12)5-4(3-9)10-7(8)11-5/h2H2,1H3,(H,10,11). The van der Waals surface area contributed by atoms with E-state index >= 15 is 0 Å². The van der Waals surface area contributed by atoms with Crippen LogP contribution in [0.3, 0.4) is 0 Å². The first kappa shape index (κ1) is 9.32. The molecule has 0 aliphatic carbocycles. The number of H-pyrrole nitrogens is 1. The first-order chi connectivity index (χ1) is 6.19. The van der Waals surface area contributed by atoms with Crippen LogP contribution in [0.15, 0.2) is 0 Å². The van der Waals surface area contributed by atoms with Crippen molar-refractivity contribution in [3.63, 3.8) is 0 Å². The molecule has 64 valence electrons. The van der Waals surface area contributed by atoms with Gasteiger partial charge in [-0.3, -0.25) is 0 Å². The number of nitriles is 1. The van der Waals surface area contributed by atoms with E-state index in [1.807, 2.05) is 0 Å². The van der Waals surface area contributed by atoms with E-state index < -0.39 is 5.97 Å². The second-order valence-corrected chi connectivity index (χ2v) is 2.18. The minimum absolute atomic E-state index is 0.00171. The second kappa shape index (κ2) is 3.76. The maximum absolute atomic E-state index is 11.1. The van der Waals surface area contributed by atoms with Crippen molar-refractivity contribution in [3.05, 3.63) is 11.4 Å². The van der Waals surface area contributed by atoms with Gasteiger partial charge in [0.15, 0.2) is 19.2 Å². The topological polar surface area (TPSA) is 78.8 Å². The summed E-state index contributed by atoms with van der Waals surface area (Å²) in [6, 6.07) is 1.73. The number of imidazole rings is 1. The SMILES string of the molecule is [B]c1nc(C#N)c(C(=O)OCC)[nH]1. The number of nitrogens with one attached hydrogen (secondary N) is 1. The summed E-state index contributed by atoms with van der Waals surface area (Å²) in [5.41, 5.74) is -0.0163. The van der Waals surface area contributed by atoms with Crippen LogP contribution in [0.4, 0.5) is 0 Å². The van der Waals surface area contributed by atoms with Crippen LogP contribution in [0.25, 0.3) is 0 Å². The first-order valence-corrected chi connectivity index (χ1v) is 3.61. The fraction of sp³-hybridized carbons (Fsp3) is 0.286. The van der Waals surface area contributed by atoms with E-state index in [9.17, 15) is 4.79 Å². The molecule has 0 unspecified atom stereocenters. The summed E-state index contributed by atoms with van der Waals surface area (Å²) in [7, 11) is 5.26. The summed E-state index contributed by atoms with van der Waals surface area (Å²) < 4.78 is 4.67. The maximum Gasteiger partial charge on any atom is 0.357 e. The Morgan fingerprint density at radius 3 is 3.08 bits per heavy atom. The number of hydrogen-bond acceptors (Lipinski definition) is 4. The Balaban J connectivity index is 3.00. The zero-order valence-electron chi connectivity index (χ0n) is 7.00. The maximum atomic E-state index is 11.1. The molecule has 1 N–H and O–H groups in total. The van der Waals surface area contributed by atoms with Gasteiger partial charge in [0.25, 0.3) is 0 Å². The molecule has 0 bridgehead atoms. The van der Waals surface area contributed by atoms with Gasteiger partial charge in [-0.25, -0.2) is 9.78 Å². The molecular formula is C7H6BN3O2. The highest BCUT2D eigenvalue weighted by Crippen LogP contribution is 2.01. The smallest absolute Gasteiger partial charge is 0.357 e. The van der Waals surface area contributed by atoms with Crippen molar-refractivity contribution in [3.8, 4) is 6.07 Å². The zero-order valence-corrected chi connectivity index (χ0v) is 7.00. The van der Waals surface area contributed by atoms with Gasteiger partial charge in [0.1, 0.15) is 6.07 Å². The van der Waals surface area contributed by atoms with E-state index in [-0.39, 0.29) is 23.7 Å². The second-order valence-electron chi connectivity index (χ2n) is 2.18. The molecule has 0 aliphatic heterocycles. The fourth-order valence-electron chi connectivity index (χ4n) is 0.823. The molecule has 6 heteroatoms.